The molecule has 1 atom stereocenters. The van der Waals surface area contributed by atoms with Crippen molar-refractivity contribution in [2.45, 2.75) is 32.8 Å². The maximum Gasteiger partial charge on any atom is 0.223 e. The fourth-order valence-electron chi connectivity index (χ4n) is 1.53. The molecule has 1 amide bonds. The minimum Gasteiger partial charge on any atom is -0.389 e. The van der Waals surface area contributed by atoms with Crippen molar-refractivity contribution < 1.29 is 14.6 Å². The largest absolute Gasteiger partial charge is 0.389 e. The highest BCUT2D eigenvalue weighted by Gasteiger charge is 2.28. The van der Waals surface area contributed by atoms with E-state index in [1.54, 1.807) is 0 Å². The second-order valence-corrected chi connectivity index (χ2v) is 5.35. The third-order valence-corrected chi connectivity index (χ3v) is 2.69. The van der Waals surface area contributed by atoms with E-state index in [-0.39, 0.29) is 11.8 Å². The highest BCUT2D eigenvalue weighted by Crippen LogP contribution is 2.28. The monoisotopic (exact) mass is 258 g/mol. The maximum absolute atomic E-state index is 11.3. The van der Waals surface area contributed by atoms with Crippen LogP contribution in [-0.2, 0) is 9.53 Å². The van der Waals surface area contributed by atoms with Gasteiger partial charge in [0, 0.05) is 32.2 Å². The van der Waals surface area contributed by atoms with E-state index in [4.69, 9.17) is 4.74 Å². The van der Waals surface area contributed by atoms with Crippen LogP contribution in [0.1, 0.15) is 26.7 Å². The van der Waals surface area contributed by atoms with Crippen molar-refractivity contribution in [3.05, 3.63) is 0 Å². The fraction of sp³-hybridized carbons (Fsp3) is 0.923. The average Bonchev–Trinajstić information content (AvgIpc) is 3.11. The topological polar surface area (TPSA) is 70.6 Å². The van der Waals surface area contributed by atoms with Gasteiger partial charge < -0.3 is 20.5 Å². The Morgan fingerprint density at radius 1 is 1.33 bits per heavy atom. The number of carbonyl (C=O) groups excluding carboxylic acids is 1. The smallest absolute Gasteiger partial charge is 0.223 e. The van der Waals surface area contributed by atoms with Crippen LogP contribution in [0.3, 0.4) is 0 Å². The Kier molecular flexibility index (Phi) is 7.23. The van der Waals surface area contributed by atoms with Gasteiger partial charge in [-0.05, 0) is 18.8 Å². The number of amides is 1. The molecule has 106 valence electrons. The van der Waals surface area contributed by atoms with Crippen molar-refractivity contribution in [1.82, 2.24) is 10.6 Å². The number of carbonyl (C=O) groups is 1. The van der Waals surface area contributed by atoms with Crippen LogP contribution < -0.4 is 10.6 Å². The van der Waals surface area contributed by atoms with Crippen LogP contribution >= 0.6 is 0 Å². The number of aliphatic hydroxyl groups excluding tert-OH is 1. The van der Waals surface area contributed by atoms with Crippen molar-refractivity contribution in [2.24, 2.45) is 11.8 Å². The minimum absolute atomic E-state index is 0.164. The van der Waals surface area contributed by atoms with Crippen molar-refractivity contribution >= 4 is 5.91 Å². The van der Waals surface area contributed by atoms with Gasteiger partial charge in [0.15, 0.2) is 0 Å². The van der Waals surface area contributed by atoms with Gasteiger partial charge in [0.2, 0.25) is 5.91 Å². The lowest BCUT2D eigenvalue weighted by Gasteiger charge is -2.13. The molecule has 1 aliphatic carbocycles. The number of aliphatic hydroxyl groups is 1. The molecule has 0 spiro atoms. The van der Waals surface area contributed by atoms with E-state index in [0.717, 1.165) is 12.8 Å². The number of ether oxygens (including phenoxy) is 1. The molecular weight excluding hydrogens is 232 g/mol. The van der Waals surface area contributed by atoms with E-state index in [9.17, 15) is 9.90 Å². The fourth-order valence-corrected chi connectivity index (χ4v) is 1.53. The normalized spacial score (nSPS) is 16.9. The first kappa shape index (κ1) is 15.4. The van der Waals surface area contributed by atoms with Gasteiger partial charge in [-0.1, -0.05) is 13.8 Å². The van der Waals surface area contributed by atoms with E-state index in [0.29, 0.717) is 38.8 Å². The highest BCUT2D eigenvalue weighted by molar-refractivity contribution is 5.80. The summed E-state index contributed by atoms with van der Waals surface area (Å²) >= 11 is 0. The lowest BCUT2D eigenvalue weighted by atomic mass is 10.2. The Balaban J connectivity index is 1.85. The molecule has 0 aromatic rings. The van der Waals surface area contributed by atoms with Crippen LogP contribution in [0.25, 0.3) is 0 Å². The van der Waals surface area contributed by atoms with Crippen molar-refractivity contribution in [3.8, 4) is 0 Å². The van der Waals surface area contributed by atoms with Crippen LogP contribution in [0.2, 0.25) is 0 Å². The summed E-state index contributed by atoms with van der Waals surface area (Å²) in [5, 5.41) is 15.5. The van der Waals surface area contributed by atoms with E-state index in [2.05, 4.69) is 24.5 Å². The van der Waals surface area contributed by atoms with Gasteiger partial charge in [-0.3, -0.25) is 4.79 Å². The third-order valence-electron chi connectivity index (χ3n) is 2.69. The van der Waals surface area contributed by atoms with Gasteiger partial charge in [0.1, 0.15) is 0 Å². The molecule has 0 aromatic carbocycles. The zero-order chi connectivity index (χ0) is 13.4. The average molecular weight is 258 g/mol. The summed E-state index contributed by atoms with van der Waals surface area (Å²) in [6, 6.07) is 0. The predicted molar refractivity (Wildman–Crippen MR) is 70.3 cm³/mol. The first-order valence-electron chi connectivity index (χ1n) is 6.83. The van der Waals surface area contributed by atoms with Gasteiger partial charge in [0.05, 0.1) is 12.7 Å². The Hall–Kier alpha value is -0.650. The molecule has 0 aromatic heterocycles. The highest BCUT2D eigenvalue weighted by atomic mass is 16.5. The first-order chi connectivity index (χ1) is 8.59. The minimum atomic E-state index is -0.483. The molecule has 0 saturated heterocycles. The number of nitrogens with one attached hydrogen (secondary N) is 2. The molecule has 1 fully saturated rings. The van der Waals surface area contributed by atoms with Gasteiger partial charge in [0.25, 0.3) is 0 Å². The zero-order valence-corrected chi connectivity index (χ0v) is 11.4. The Labute approximate surface area is 109 Å². The molecule has 0 bridgehead atoms. The van der Waals surface area contributed by atoms with E-state index >= 15 is 0 Å². The number of hydrogen-bond acceptors (Lipinski definition) is 4. The Morgan fingerprint density at radius 3 is 2.67 bits per heavy atom. The van der Waals surface area contributed by atoms with Crippen LogP contribution in [0.15, 0.2) is 0 Å². The molecule has 1 rings (SSSR count). The van der Waals surface area contributed by atoms with Gasteiger partial charge in [-0.25, -0.2) is 0 Å². The van der Waals surface area contributed by atoms with E-state index in [1.165, 1.54) is 0 Å². The first-order valence-corrected chi connectivity index (χ1v) is 6.83. The molecule has 1 aliphatic rings. The molecule has 1 saturated carbocycles. The van der Waals surface area contributed by atoms with E-state index < -0.39 is 6.10 Å². The second kappa shape index (κ2) is 8.45. The predicted octanol–water partition coefficient (Wildman–Crippen LogP) is 0.136. The van der Waals surface area contributed by atoms with Crippen LogP contribution in [0.4, 0.5) is 0 Å². The second-order valence-electron chi connectivity index (χ2n) is 5.35. The van der Waals surface area contributed by atoms with Crippen molar-refractivity contribution in [1.29, 1.82) is 0 Å². The number of hydrogen-bond donors (Lipinski definition) is 3. The summed E-state index contributed by atoms with van der Waals surface area (Å²) in [5.74, 6) is 0.917. The summed E-state index contributed by atoms with van der Waals surface area (Å²) in [5.41, 5.74) is 0. The molecule has 0 heterocycles. The lowest BCUT2D eigenvalue weighted by molar-refractivity contribution is -0.122. The van der Waals surface area contributed by atoms with Gasteiger partial charge >= 0.3 is 0 Å². The zero-order valence-electron chi connectivity index (χ0n) is 11.4. The van der Waals surface area contributed by atoms with Crippen LogP contribution in [0, 0.1) is 11.8 Å². The maximum atomic E-state index is 11.3. The molecule has 0 radical (unpaired) electrons. The molecule has 3 N–H and O–H groups in total. The summed E-state index contributed by atoms with van der Waals surface area (Å²) in [6.07, 6.45) is 1.58. The van der Waals surface area contributed by atoms with Crippen molar-refractivity contribution in [2.75, 3.05) is 32.8 Å². The molecule has 0 aliphatic heterocycles. The Morgan fingerprint density at radius 2 is 2.06 bits per heavy atom. The summed E-state index contributed by atoms with van der Waals surface area (Å²) in [7, 11) is 0. The molecule has 5 heteroatoms. The van der Waals surface area contributed by atoms with Crippen molar-refractivity contribution in [3.63, 3.8) is 0 Å². The molecule has 18 heavy (non-hydrogen) atoms. The molecular formula is C13H26N2O3. The summed E-state index contributed by atoms with van der Waals surface area (Å²) < 4.78 is 5.33. The summed E-state index contributed by atoms with van der Waals surface area (Å²) in [4.78, 5) is 11.3. The van der Waals surface area contributed by atoms with E-state index in [1.807, 2.05) is 0 Å². The van der Waals surface area contributed by atoms with Gasteiger partial charge in [-0.15, -0.1) is 0 Å². The third kappa shape index (κ3) is 7.63. The SMILES string of the molecule is CC(C)COCC(O)CNCCNC(=O)C1CC1. The molecule has 5 nitrogen and oxygen atoms in total. The Bertz CT molecular complexity index is 242. The van der Waals surface area contributed by atoms with Gasteiger partial charge in [-0.2, -0.15) is 0 Å². The molecule has 1 unspecified atom stereocenters. The summed E-state index contributed by atoms with van der Waals surface area (Å²) in [6.45, 7) is 6.99. The van der Waals surface area contributed by atoms with Crippen LogP contribution in [-0.4, -0.2) is 50.0 Å². The van der Waals surface area contributed by atoms with Crippen LogP contribution in [0.5, 0.6) is 0 Å². The lowest BCUT2D eigenvalue weighted by Crippen LogP contribution is -2.37. The number of rotatable bonds is 10. The standard InChI is InChI=1S/C13H26N2O3/c1-10(2)8-18-9-12(16)7-14-5-6-15-13(17)11-3-4-11/h10-12,14,16H,3-9H2,1-2H3,(H,15,17). The quantitative estimate of drug-likeness (QED) is 0.487.